The van der Waals surface area contributed by atoms with Gasteiger partial charge in [0, 0.05) is 12.5 Å². The van der Waals surface area contributed by atoms with Crippen LogP contribution < -0.4 is 10.6 Å². The van der Waals surface area contributed by atoms with Crippen LogP contribution in [0.4, 0.5) is 18.0 Å². The Labute approximate surface area is 193 Å². The second-order valence-electron chi connectivity index (χ2n) is 8.53. The summed E-state index contributed by atoms with van der Waals surface area (Å²) in [7, 11) is 0. The van der Waals surface area contributed by atoms with Crippen LogP contribution in [-0.2, 0) is 14.3 Å². The Balaban J connectivity index is 1.37. The lowest BCUT2D eigenvalue weighted by Gasteiger charge is -2.21. The summed E-state index contributed by atoms with van der Waals surface area (Å²) in [6.45, 7) is -0.181. The molecule has 2 aromatic carbocycles. The maximum absolute atomic E-state index is 13.0. The van der Waals surface area contributed by atoms with Gasteiger partial charge < -0.3 is 20.5 Å². The van der Waals surface area contributed by atoms with Crippen LogP contribution in [0.3, 0.4) is 0 Å². The molecule has 1 fully saturated rings. The van der Waals surface area contributed by atoms with E-state index in [2.05, 4.69) is 5.32 Å². The summed E-state index contributed by atoms with van der Waals surface area (Å²) in [6, 6.07) is 13.3. The van der Waals surface area contributed by atoms with Gasteiger partial charge in [0.15, 0.2) is 0 Å². The number of carboxylic acids is 1. The summed E-state index contributed by atoms with van der Waals surface area (Å²) in [4.78, 5) is 35.6. The number of carbonyl (C=O) groups is 3. The molecule has 1 unspecified atom stereocenters. The second-order valence-corrected chi connectivity index (χ2v) is 8.53. The van der Waals surface area contributed by atoms with E-state index in [0.717, 1.165) is 22.3 Å². The topological polar surface area (TPSA) is 105 Å². The molecule has 4 rings (SSSR count). The van der Waals surface area contributed by atoms with Crippen molar-refractivity contribution in [1.29, 1.82) is 0 Å². The first kappa shape index (κ1) is 23.6. The number of fused-ring (bicyclic) bond motifs is 3. The van der Waals surface area contributed by atoms with Gasteiger partial charge in [0.2, 0.25) is 5.91 Å². The quantitative estimate of drug-likeness (QED) is 0.539. The Kier molecular flexibility index (Phi) is 6.49. The number of alkyl halides is 3. The summed E-state index contributed by atoms with van der Waals surface area (Å²) in [5.41, 5.74) is 3.89. The normalized spacial score (nSPS) is 19.5. The molecule has 0 bridgehead atoms. The highest BCUT2D eigenvalue weighted by Gasteiger charge is 2.44. The minimum absolute atomic E-state index is 0.0729. The minimum atomic E-state index is -4.71. The number of hydrogen-bond acceptors (Lipinski definition) is 4. The van der Waals surface area contributed by atoms with Gasteiger partial charge in [-0.2, -0.15) is 13.2 Å². The summed E-state index contributed by atoms with van der Waals surface area (Å²) >= 11 is 0. The highest BCUT2D eigenvalue weighted by atomic mass is 19.4. The summed E-state index contributed by atoms with van der Waals surface area (Å²) in [5.74, 6) is -3.28. The Hall–Kier alpha value is -3.56. The van der Waals surface area contributed by atoms with Crippen LogP contribution in [0.5, 0.6) is 0 Å². The van der Waals surface area contributed by atoms with Crippen molar-refractivity contribution < 1.29 is 37.4 Å². The molecule has 10 heteroatoms. The largest absolute Gasteiger partial charge is 0.481 e. The number of ether oxygens (including phenoxy) is 1. The van der Waals surface area contributed by atoms with E-state index >= 15 is 0 Å². The third kappa shape index (κ3) is 5.32. The van der Waals surface area contributed by atoms with Gasteiger partial charge in [-0.15, -0.1) is 0 Å². The van der Waals surface area contributed by atoms with E-state index < -0.39 is 42.5 Å². The van der Waals surface area contributed by atoms with Crippen molar-refractivity contribution in [3.05, 3.63) is 59.7 Å². The van der Waals surface area contributed by atoms with E-state index in [1.165, 1.54) is 0 Å². The van der Waals surface area contributed by atoms with Gasteiger partial charge in [0.1, 0.15) is 12.6 Å². The van der Waals surface area contributed by atoms with E-state index in [1.54, 1.807) is 0 Å². The van der Waals surface area contributed by atoms with E-state index in [-0.39, 0.29) is 25.0 Å². The maximum Gasteiger partial charge on any atom is 0.407 e. The first-order valence-electron chi connectivity index (χ1n) is 10.8. The molecule has 2 aliphatic rings. The molecule has 0 aliphatic heterocycles. The first-order valence-corrected chi connectivity index (χ1v) is 10.8. The fourth-order valence-corrected chi connectivity index (χ4v) is 4.35. The Bertz CT molecular complexity index is 1060. The summed E-state index contributed by atoms with van der Waals surface area (Å²) in [6.07, 6.45) is -7.07. The van der Waals surface area contributed by atoms with E-state index in [4.69, 9.17) is 9.84 Å². The molecule has 0 spiro atoms. The molecule has 180 valence electrons. The fraction of sp³-hybridized carbons (Fsp3) is 0.375. The van der Waals surface area contributed by atoms with Crippen LogP contribution >= 0.6 is 0 Å². The molecular formula is C24H23F3N2O5. The zero-order valence-corrected chi connectivity index (χ0v) is 18.0. The van der Waals surface area contributed by atoms with E-state index in [1.807, 2.05) is 53.8 Å². The number of alkyl carbamates (subject to hydrolysis) is 1. The monoisotopic (exact) mass is 476 g/mol. The average Bonchev–Trinajstić information content (AvgIpc) is 3.50. The van der Waals surface area contributed by atoms with Crippen molar-refractivity contribution in [2.24, 2.45) is 11.8 Å². The summed E-state index contributed by atoms with van der Waals surface area (Å²) < 4.78 is 44.3. The third-order valence-electron chi connectivity index (χ3n) is 6.17. The zero-order chi connectivity index (χ0) is 24.5. The van der Waals surface area contributed by atoms with Crippen molar-refractivity contribution in [3.63, 3.8) is 0 Å². The standard InChI is InChI=1S/C24H23F3N2O5/c25-24(26,27)10-20(21(30)28-11-13-9-18(13)22(31)32)29-23(33)34-12-19-16-7-3-1-5-14(16)15-6-2-4-8-17(15)19/h1-8,13,18-20H,9-12H2,(H,28,30)(H,29,33)(H,31,32)/t13-,18-,20?/m0/s1. The Morgan fingerprint density at radius 2 is 1.62 bits per heavy atom. The summed E-state index contributed by atoms with van der Waals surface area (Å²) in [5, 5.41) is 13.2. The van der Waals surface area contributed by atoms with Crippen LogP contribution in [0.1, 0.15) is 29.9 Å². The van der Waals surface area contributed by atoms with Crippen LogP contribution in [0.15, 0.2) is 48.5 Å². The van der Waals surface area contributed by atoms with Crippen molar-refractivity contribution >= 4 is 18.0 Å². The number of amides is 2. The SMILES string of the molecule is O=C(NC(CC(F)(F)F)C(=O)NC[C@@H]1C[C@@H]1C(=O)O)OCC1c2ccccc2-c2ccccc21. The lowest BCUT2D eigenvalue weighted by Crippen LogP contribution is -2.49. The molecular weight excluding hydrogens is 453 g/mol. The molecule has 0 aromatic heterocycles. The smallest absolute Gasteiger partial charge is 0.407 e. The minimum Gasteiger partial charge on any atom is -0.481 e. The molecule has 3 N–H and O–H groups in total. The molecule has 2 aromatic rings. The average molecular weight is 476 g/mol. The second kappa shape index (κ2) is 9.36. The lowest BCUT2D eigenvalue weighted by atomic mass is 9.98. The number of nitrogens with one attached hydrogen (secondary N) is 2. The Morgan fingerprint density at radius 3 is 2.15 bits per heavy atom. The van der Waals surface area contributed by atoms with Gasteiger partial charge in [0.05, 0.1) is 12.3 Å². The number of halogens is 3. The lowest BCUT2D eigenvalue weighted by molar-refractivity contribution is -0.149. The van der Waals surface area contributed by atoms with Gasteiger partial charge in [-0.3, -0.25) is 9.59 Å². The van der Waals surface area contributed by atoms with Crippen molar-refractivity contribution in [3.8, 4) is 11.1 Å². The van der Waals surface area contributed by atoms with Gasteiger partial charge in [-0.05, 0) is 34.6 Å². The number of benzene rings is 2. The molecule has 3 atom stereocenters. The van der Waals surface area contributed by atoms with Gasteiger partial charge in [-0.1, -0.05) is 48.5 Å². The van der Waals surface area contributed by atoms with Crippen molar-refractivity contribution in [2.45, 2.75) is 31.0 Å². The molecule has 0 saturated heterocycles. The maximum atomic E-state index is 13.0. The number of carboxylic acid groups (broad SMARTS) is 1. The fourth-order valence-electron chi connectivity index (χ4n) is 4.35. The highest BCUT2D eigenvalue weighted by Crippen LogP contribution is 2.44. The number of hydrogen-bond donors (Lipinski definition) is 3. The molecule has 7 nitrogen and oxygen atoms in total. The molecule has 34 heavy (non-hydrogen) atoms. The van der Waals surface area contributed by atoms with Gasteiger partial charge >= 0.3 is 18.2 Å². The number of carbonyl (C=O) groups excluding carboxylic acids is 2. The predicted molar refractivity (Wildman–Crippen MR) is 115 cm³/mol. The molecule has 2 amide bonds. The third-order valence-corrected chi connectivity index (χ3v) is 6.17. The molecule has 0 radical (unpaired) electrons. The first-order chi connectivity index (χ1) is 16.1. The van der Waals surface area contributed by atoms with Gasteiger partial charge in [0.25, 0.3) is 0 Å². The number of aliphatic carboxylic acids is 1. The van der Waals surface area contributed by atoms with Gasteiger partial charge in [-0.25, -0.2) is 4.79 Å². The predicted octanol–water partition coefficient (Wildman–Crippen LogP) is 3.68. The van der Waals surface area contributed by atoms with E-state index in [0.29, 0.717) is 6.42 Å². The highest BCUT2D eigenvalue weighted by molar-refractivity contribution is 5.86. The molecule has 1 saturated carbocycles. The Morgan fingerprint density at radius 1 is 1.03 bits per heavy atom. The van der Waals surface area contributed by atoms with Crippen LogP contribution in [0, 0.1) is 11.8 Å². The number of rotatable bonds is 8. The zero-order valence-electron chi connectivity index (χ0n) is 18.0. The van der Waals surface area contributed by atoms with E-state index in [9.17, 15) is 27.6 Å². The molecule has 0 heterocycles. The molecule has 2 aliphatic carbocycles. The van der Waals surface area contributed by atoms with Crippen molar-refractivity contribution in [1.82, 2.24) is 10.6 Å². The van der Waals surface area contributed by atoms with Crippen molar-refractivity contribution in [2.75, 3.05) is 13.2 Å². The van der Waals surface area contributed by atoms with Crippen LogP contribution in [0.2, 0.25) is 0 Å². The van der Waals surface area contributed by atoms with Crippen LogP contribution in [0.25, 0.3) is 11.1 Å². The van der Waals surface area contributed by atoms with Crippen LogP contribution in [-0.4, -0.2) is 48.4 Å².